The number of hydrogen-bond acceptors (Lipinski definition) is 4. The first-order valence-electron chi connectivity index (χ1n) is 6.15. The van der Waals surface area contributed by atoms with Crippen molar-refractivity contribution in [1.29, 1.82) is 0 Å². The number of aromatic nitrogens is 2. The molecule has 1 atom stereocenters. The van der Waals surface area contributed by atoms with Crippen LogP contribution in [0, 0.1) is 0 Å². The largest absolute Gasteiger partial charge is 0.368 e. The quantitative estimate of drug-likeness (QED) is 0.843. The Morgan fingerprint density at radius 3 is 2.72 bits per heavy atom. The standard InChI is InChI=1S/C14H18N4/c1-2-12-8-14(18-10-17-12)16-9-13(15)11-6-4-3-5-7-11/h3-8,10,13H,2,9,15H2,1H3,(H,16,17,18). The van der Waals surface area contributed by atoms with E-state index in [1.54, 1.807) is 6.33 Å². The number of hydrogen-bond donors (Lipinski definition) is 2. The zero-order chi connectivity index (χ0) is 12.8. The molecule has 94 valence electrons. The van der Waals surface area contributed by atoms with Gasteiger partial charge in [-0.3, -0.25) is 0 Å². The first-order valence-corrected chi connectivity index (χ1v) is 6.15. The minimum atomic E-state index is -0.0359. The lowest BCUT2D eigenvalue weighted by Gasteiger charge is -2.13. The van der Waals surface area contributed by atoms with Gasteiger partial charge in [0, 0.05) is 24.3 Å². The normalized spacial score (nSPS) is 12.1. The fourth-order valence-corrected chi connectivity index (χ4v) is 1.72. The minimum Gasteiger partial charge on any atom is -0.368 e. The maximum Gasteiger partial charge on any atom is 0.129 e. The molecule has 1 unspecified atom stereocenters. The molecule has 1 aromatic heterocycles. The second kappa shape index (κ2) is 6.12. The molecule has 4 heteroatoms. The van der Waals surface area contributed by atoms with Crippen LogP contribution in [0.5, 0.6) is 0 Å². The minimum absolute atomic E-state index is 0.0359. The van der Waals surface area contributed by atoms with Gasteiger partial charge in [-0.2, -0.15) is 0 Å². The Kier molecular flexibility index (Phi) is 4.25. The Labute approximate surface area is 107 Å². The van der Waals surface area contributed by atoms with Gasteiger partial charge in [0.1, 0.15) is 12.1 Å². The van der Waals surface area contributed by atoms with E-state index in [4.69, 9.17) is 5.73 Å². The van der Waals surface area contributed by atoms with Gasteiger partial charge < -0.3 is 11.1 Å². The van der Waals surface area contributed by atoms with Gasteiger partial charge in [-0.1, -0.05) is 37.3 Å². The van der Waals surface area contributed by atoms with Crippen LogP contribution in [0.25, 0.3) is 0 Å². The molecule has 0 saturated carbocycles. The van der Waals surface area contributed by atoms with Crippen LogP contribution >= 0.6 is 0 Å². The molecule has 0 spiro atoms. The van der Waals surface area contributed by atoms with Gasteiger partial charge in [-0.25, -0.2) is 9.97 Å². The molecule has 2 aromatic rings. The van der Waals surface area contributed by atoms with Crippen LogP contribution in [-0.2, 0) is 6.42 Å². The van der Waals surface area contributed by atoms with E-state index in [9.17, 15) is 0 Å². The average molecular weight is 242 g/mol. The molecule has 1 aromatic carbocycles. The van der Waals surface area contributed by atoms with E-state index in [0.717, 1.165) is 23.5 Å². The van der Waals surface area contributed by atoms with E-state index in [1.807, 2.05) is 36.4 Å². The Balaban J connectivity index is 1.95. The highest BCUT2D eigenvalue weighted by Gasteiger charge is 2.05. The van der Waals surface area contributed by atoms with E-state index in [2.05, 4.69) is 22.2 Å². The molecule has 0 amide bonds. The first-order chi connectivity index (χ1) is 8.79. The van der Waals surface area contributed by atoms with Crippen molar-refractivity contribution in [3.8, 4) is 0 Å². The van der Waals surface area contributed by atoms with Crippen molar-refractivity contribution in [2.24, 2.45) is 5.73 Å². The smallest absolute Gasteiger partial charge is 0.129 e. The summed E-state index contributed by atoms with van der Waals surface area (Å²) in [6.45, 7) is 2.73. The third kappa shape index (κ3) is 3.28. The molecule has 2 rings (SSSR count). The summed E-state index contributed by atoms with van der Waals surface area (Å²) >= 11 is 0. The van der Waals surface area contributed by atoms with Crippen molar-refractivity contribution in [2.75, 3.05) is 11.9 Å². The summed E-state index contributed by atoms with van der Waals surface area (Å²) in [4.78, 5) is 8.34. The second-order valence-corrected chi connectivity index (χ2v) is 4.15. The number of nitrogens with two attached hydrogens (primary N) is 1. The van der Waals surface area contributed by atoms with Crippen LogP contribution in [0.2, 0.25) is 0 Å². The number of benzene rings is 1. The van der Waals surface area contributed by atoms with Crippen LogP contribution in [0.15, 0.2) is 42.7 Å². The maximum atomic E-state index is 6.11. The lowest BCUT2D eigenvalue weighted by Crippen LogP contribution is -2.21. The maximum absolute atomic E-state index is 6.11. The highest BCUT2D eigenvalue weighted by atomic mass is 15.0. The van der Waals surface area contributed by atoms with Crippen molar-refractivity contribution < 1.29 is 0 Å². The molecule has 0 aliphatic rings. The third-order valence-corrected chi connectivity index (χ3v) is 2.82. The number of aryl methyl sites for hydroxylation is 1. The fraction of sp³-hybridized carbons (Fsp3) is 0.286. The second-order valence-electron chi connectivity index (χ2n) is 4.15. The predicted molar refractivity (Wildman–Crippen MR) is 73.3 cm³/mol. The van der Waals surface area contributed by atoms with Gasteiger partial charge in [-0.05, 0) is 12.0 Å². The van der Waals surface area contributed by atoms with Crippen LogP contribution in [0.4, 0.5) is 5.82 Å². The Morgan fingerprint density at radius 1 is 1.22 bits per heavy atom. The van der Waals surface area contributed by atoms with Gasteiger partial charge in [0.15, 0.2) is 0 Å². The van der Waals surface area contributed by atoms with Crippen molar-refractivity contribution in [3.05, 3.63) is 54.0 Å². The molecule has 18 heavy (non-hydrogen) atoms. The number of anilines is 1. The van der Waals surface area contributed by atoms with Gasteiger partial charge in [0.05, 0.1) is 0 Å². The summed E-state index contributed by atoms with van der Waals surface area (Å²) in [5, 5.41) is 3.24. The summed E-state index contributed by atoms with van der Waals surface area (Å²) in [5.74, 6) is 0.827. The first kappa shape index (κ1) is 12.5. The van der Waals surface area contributed by atoms with Crippen molar-refractivity contribution in [3.63, 3.8) is 0 Å². The number of rotatable bonds is 5. The molecule has 0 saturated heterocycles. The molecule has 0 aliphatic heterocycles. The lowest BCUT2D eigenvalue weighted by molar-refractivity contribution is 0.761. The van der Waals surface area contributed by atoms with Gasteiger partial charge >= 0.3 is 0 Å². The summed E-state index contributed by atoms with van der Waals surface area (Å²) < 4.78 is 0. The summed E-state index contributed by atoms with van der Waals surface area (Å²) in [6.07, 6.45) is 2.48. The molecule has 0 radical (unpaired) electrons. The van der Waals surface area contributed by atoms with E-state index < -0.39 is 0 Å². The topological polar surface area (TPSA) is 63.8 Å². The van der Waals surface area contributed by atoms with Crippen molar-refractivity contribution in [2.45, 2.75) is 19.4 Å². The van der Waals surface area contributed by atoms with Crippen LogP contribution in [-0.4, -0.2) is 16.5 Å². The van der Waals surface area contributed by atoms with Crippen LogP contribution in [0.3, 0.4) is 0 Å². The molecular weight excluding hydrogens is 224 g/mol. The SMILES string of the molecule is CCc1cc(NCC(N)c2ccccc2)ncn1. The number of nitrogens with zero attached hydrogens (tertiary/aromatic N) is 2. The third-order valence-electron chi connectivity index (χ3n) is 2.82. The van der Waals surface area contributed by atoms with E-state index in [1.165, 1.54) is 0 Å². The lowest BCUT2D eigenvalue weighted by atomic mass is 10.1. The highest BCUT2D eigenvalue weighted by molar-refractivity contribution is 5.35. The van der Waals surface area contributed by atoms with Gasteiger partial charge in [0.2, 0.25) is 0 Å². The van der Waals surface area contributed by atoms with Crippen molar-refractivity contribution in [1.82, 2.24) is 9.97 Å². The Morgan fingerprint density at radius 2 is 2.00 bits per heavy atom. The van der Waals surface area contributed by atoms with Crippen LogP contribution in [0.1, 0.15) is 24.2 Å². The Bertz CT molecular complexity index is 484. The van der Waals surface area contributed by atoms with Gasteiger partial charge in [0.25, 0.3) is 0 Å². The molecule has 3 N–H and O–H groups in total. The van der Waals surface area contributed by atoms with E-state index in [0.29, 0.717) is 6.54 Å². The highest BCUT2D eigenvalue weighted by Crippen LogP contribution is 2.11. The van der Waals surface area contributed by atoms with Gasteiger partial charge in [-0.15, -0.1) is 0 Å². The number of nitrogens with one attached hydrogen (secondary N) is 1. The zero-order valence-corrected chi connectivity index (χ0v) is 10.5. The van der Waals surface area contributed by atoms with Crippen molar-refractivity contribution >= 4 is 5.82 Å². The summed E-state index contributed by atoms with van der Waals surface area (Å²) in [5.41, 5.74) is 8.26. The van der Waals surface area contributed by atoms with E-state index >= 15 is 0 Å². The molecular formula is C14H18N4. The zero-order valence-electron chi connectivity index (χ0n) is 10.5. The Hall–Kier alpha value is -1.94. The fourth-order valence-electron chi connectivity index (χ4n) is 1.72. The molecule has 1 heterocycles. The van der Waals surface area contributed by atoms with Crippen LogP contribution < -0.4 is 11.1 Å². The summed E-state index contributed by atoms with van der Waals surface area (Å²) in [6, 6.07) is 12.0. The van der Waals surface area contributed by atoms with E-state index in [-0.39, 0.29) is 6.04 Å². The monoisotopic (exact) mass is 242 g/mol. The molecule has 0 bridgehead atoms. The average Bonchev–Trinajstić information content (AvgIpc) is 2.46. The summed E-state index contributed by atoms with van der Waals surface area (Å²) in [7, 11) is 0. The predicted octanol–water partition coefficient (Wildman–Crippen LogP) is 2.15. The molecule has 0 aliphatic carbocycles. The molecule has 4 nitrogen and oxygen atoms in total. The molecule has 0 fully saturated rings.